The lowest BCUT2D eigenvalue weighted by atomic mass is 9.95. The Kier molecular flexibility index (Phi) is 5.54. The minimum absolute atomic E-state index is 0.0169. The summed E-state index contributed by atoms with van der Waals surface area (Å²) in [5.41, 5.74) is 0.921. The van der Waals surface area contributed by atoms with Crippen molar-refractivity contribution in [2.45, 2.75) is 17.7 Å². The predicted molar refractivity (Wildman–Crippen MR) is 101 cm³/mol. The van der Waals surface area contributed by atoms with Crippen LogP contribution in [0.3, 0.4) is 0 Å². The van der Waals surface area contributed by atoms with Crippen molar-refractivity contribution >= 4 is 39.1 Å². The van der Waals surface area contributed by atoms with Crippen LogP contribution in [0.25, 0.3) is 0 Å². The molecular weight excluding hydrogens is 392 g/mol. The van der Waals surface area contributed by atoms with E-state index in [0.29, 0.717) is 42.3 Å². The highest BCUT2D eigenvalue weighted by atomic mass is 35.5. The summed E-state index contributed by atoms with van der Waals surface area (Å²) in [6.45, 7) is 0.940. The third-order valence-electron chi connectivity index (χ3n) is 4.48. The third kappa shape index (κ3) is 4.68. The van der Waals surface area contributed by atoms with Gasteiger partial charge in [0.2, 0.25) is 15.9 Å². The number of nitrogens with zero attached hydrogens (tertiary/aromatic N) is 1. The molecule has 3 rings (SSSR count). The smallest absolute Gasteiger partial charge is 0.270 e. The van der Waals surface area contributed by atoms with E-state index in [1.165, 1.54) is 24.3 Å². The fourth-order valence-corrected chi connectivity index (χ4v) is 3.66. The number of hydrogen-bond donors (Lipinski definition) is 3. The first-order chi connectivity index (χ1) is 12.7. The second-order valence-electron chi connectivity index (χ2n) is 6.36. The van der Waals surface area contributed by atoms with Crippen LogP contribution in [-0.2, 0) is 14.8 Å². The highest BCUT2D eigenvalue weighted by molar-refractivity contribution is 7.89. The summed E-state index contributed by atoms with van der Waals surface area (Å²) >= 11 is 5.82. The molecule has 2 amide bonds. The van der Waals surface area contributed by atoms with Crippen molar-refractivity contribution in [1.82, 2.24) is 9.88 Å². The monoisotopic (exact) mass is 410 g/mol. The van der Waals surface area contributed by atoms with Crippen molar-refractivity contribution in [2.75, 3.05) is 18.4 Å². The lowest BCUT2D eigenvalue weighted by molar-refractivity contribution is -0.121. The maximum absolute atomic E-state index is 12.4. The van der Waals surface area contributed by atoms with Gasteiger partial charge in [-0.25, -0.2) is 13.6 Å². The van der Waals surface area contributed by atoms with Gasteiger partial charge in [-0.15, -0.1) is 0 Å². The number of sulfonamides is 1. The minimum atomic E-state index is -3.77. The molecule has 0 saturated carbocycles. The number of benzene rings is 1. The first-order valence-electron chi connectivity index (χ1n) is 8.31. The van der Waals surface area contributed by atoms with Gasteiger partial charge < -0.3 is 15.2 Å². The molecule has 27 heavy (non-hydrogen) atoms. The van der Waals surface area contributed by atoms with Gasteiger partial charge in [-0.05, 0) is 43.2 Å². The molecule has 1 aliphatic rings. The van der Waals surface area contributed by atoms with Gasteiger partial charge in [0, 0.05) is 30.9 Å². The summed E-state index contributed by atoms with van der Waals surface area (Å²) in [6, 6.07) is 7.24. The van der Waals surface area contributed by atoms with Gasteiger partial charge in [-0.1, -0.05) is 11.6 Å². The molecule has 8 nitrogen and oxygen atoms in total. The first kappa shape index (κ1) is 19.4. The molecule has 144 valence electrons. The van der Waals surface area contributed by atoms with Gasteiger partial charge >= 0.3 is 0 Å². The summed E-state index contributed by atoms with van der Waals surface area (Å²) < 4.78 is 22.5. The van der Waals surface area contributed by atoms with E-state index in [1.54, 1.807) is 17.2 Å². The number of aromatic amines is 1. The van der Waals surface area contributed by atoms with Crippen molar-refractivity contribution in [3.63, 3.8) is 0 Å². The lowest BCUT2D eigenvalue weighted by Crippen LogP contribution is -2.41. The number of carbonyl (C=O) groups excluding carboxylic acids is 2. The molecule has 1 aromatic carbocycles. The normalized spacial score (nSPS) is 15.6. The van der Waals surface area contributed by atoms with Crippen LogP contribution >= 0.6 is 11.6 Å². The maximum Gasteiger partial charge on any atom is 0.270 e. The molecule has 0 bridgehead atoms. The molecule has 1 aromatic heterocycles. The molecular formula is C17H19ClN4O4S. The molecule has 0 spiro atoms. The van der Waals surface area contributed by atoms with E-state index in [2.05, 4.69) is 10.3 Å². The average Bonchev–Trinajstić information content (AvgIpc) is 3.07. The lowest BCUT2D eigenvalue weighted by Gasteiger charge is -2.31. The Labute approximate surface area is 161 Å². The summed E-state index contributed by atoms with van der Waals surface area (Å²) in [6.07, 6.45) is 2.64. The minimum Gasteiger partial charge on any atom is -0.356 e. The second-order valence-corrected chi connectivity index (χ2v) is 8.35. The van der Waals surface area contributed by atoms with Gasteiger partial charge in [-0.3, -0.25) is 9.59 Å². The van der Waals surface area contributed by atoms with E-state index in [0.717, 1.165) is 0 Å². The van der Waals surface area contributed by atoms with Crippen LogP contribution in [0.1, 0.15) is 23.3 Å². The zero-order valence-electron chi connectivity index (χ0n) is 14.3. The Morgan fingerprint density at radius 2 is 1.81 bits per heavy atom. The number of primary sulfonamides is 1. The number of likely N-dealkylation sites (tertiary alicyclic amines) is 1. The van der Waals surface area contributed by atoms with Crippen LogP contribution in [0.4, 0.5) is 5.69 Å². The van der Waals surface area contributed by atoms with Crippen molar-refractivity contribution < 1.29 is 18.0 Å². The van der Waals surface area contributed by atoms with Crippen LogP contribution < -0.4 is 10.5 Å². The van der Waals surface area contributed by atoms with Crippen molar-refractivity contribution in [1.29, 1.82) is 0 Å². The number of rotatable bonds is 4. The van der Waals surface area contributed by atoms with Crippen molar-refractivity contribution in [3.8, 4) is 0 Å². The van der Waals surface area contributed by atoms with Crippen LogP contribution in [-0.4, -0.2) is 43.2 Å². The molecule has 1 saturated heterocycles. The highest BCUT2D eigenvalue weighted by Crippen LogP contribution is 2.22. The van der Waals surface area contributed by atoms with Gasteiger partial charge in [0.15, 0.2) is 0 Å². The molecule has 1 aliphatic heterocycles. The number of aromatic nitrogens is 1. The van der Waals surface area contributed by atoms with Crippen LogP contribution in [0.5, 0.6) is 0 Å². The van der Waals surface area contributed by atoms with Gasteiger partial charge in [0.25, 0.3) is 5.91 Å². The molecule has 4 N–H and O–H groups in total. The third-order valence-corrected chi connectivity index (χ3v) is 5.63. The highest BCUT2D eigenvalue weighted by Gasteiger charge is 2.28. The Bertz CT molecular complexity index is 948. The number of anilines is 1. The molecule has 0 atom stereocenters. The summed E-state index contributed by atoms with van der Waals surface area (Å²) in [5.74, 6) is -0.521. The van der Waals surface area contributed by atoms with E-state index >= 15 is 0 Å². The average molecular weight is 411 g/mol. The molecule has 0 unspecified atom stereocenters. The number of nitrogens with two attached hydrogens (primary N) is 1. The van der Waals surface area contributed by atoms with Crippen LogP contribution in [0, 0.1) is 5.92 Å². The molecule has 10 heteroatoms. The number of piperidine rings is 1. The summed E-state index contributed by atoms with van der Waals surface area (Å²) in [4.78, 5) is 29.3. The van der Waals surface area contributed by atoms with Gasteiger partial charge in [0.1, 0.15) is 5.69 Å². The molecule has 0 radical (unpaired) electrons. The van der Waals surface area contributed by atoms with E-state index < -0.39 is 10.0 Å². The summed E-state index contributed by atoms with van der Waals surface area (Å²) in [7, 11) is -3.77. The van der Waals surface area contributed by atoms with E-state index in [9.17, 15) is 18.0 Å². The number of H-pyrrole nitrogens is 1. The number of carbonyl (C=O) groups is 2. The Hall–Kier alpha value is -2.36. The number of nitrogens with one attached hydrogen (secondary N) is 2. The zero-order chi connectivity index (χ0) is 19.6. The zero-order valence-corrected chi connectivity index (χ0v) is 15.9. The van der Waals surface area contributed by atoms with Gasteiger partial charge in [-0.2, -0.15) is 0 Å². The van der Waals surface area contributed by atoms with Gasteiger partial charge in [0.05, 0.1) is 9.92 Å². The Balaban J connectivity index is 1.55. The standard InChI is InChI=1S/C17H19ClN4O4S/c18-12-9-15(20-10-12)17(24)22-7-5-11(6-8-22)16(23)21-13-1-3-14(4-2-13)27(19,25)26/h1-4,9-11,20H,5-8H2,(H,21,23)(H2,19,25,26). The maximum atomic E-state index is 12.4. The van der Waals surface area contributed by atoms with Crippen molar-refractivity contribution in [2.24, 2.45) is 11.1 Å². The van der Waals surface area contributed by atoms with E-state index in [-0.39, 0.29) is 22.6 Å². The van der Waals surface area contributed by atoms with Crippen LogP contribution in [0.15, 0.2) is 41.4 Å². The largest absolute Gasteiger partial charge is 0.356 e. The predicted octanol–water partition coefficient (Wildman–Crippen LogP) is 1.81. The molecule has 1 fully saturated rings. The van der Waals surface area contributed by atoms with E-state index in [4.69, 9.17) is 16.7 Å². The van der Waals surface area contributed by atoms with Crippen molar-refractivity contribution in [3.05, 3.63) is 47.2 Å². The SMILES string of the molecule is NS(=O)(=O)c1ccc(NC(=O)C2CCN(C(=O)c3cc(Cl)c[nH]3)CC2)cc1. The quantitative estimate of drug-likeness (QED) is 0.710. The first-order valence-corrected chi connectivity index (χ1v) is 10.2. The fraction of sp³-hybridized carbons (Fsp3) is 0.294. The van der Waals surface area contributed by atoms with E-state index in [1.807, 2.05) is 0 Å². The molecule has 2 heterocycles. The fourth-order valence-electron chi connectivity index (χ4n) is 2.98. The number of hydrogen-bond acceptors (Lipinski definition) is 4. The summed E-state index contributed by atoms with van der Waals surface area (Å²) in [5, 5.41) is 8.29. The number of halogens is 1. The Morgan fingerprint density at radius 1 is 1.19 bits per heavy atom. The molecule has 2 aromatic rings. The number of amides is 2. The topological polar surface area (TPSA) is 125 Å². The Morgan fingerprint density at radius 3 is 2.33 bits per heavy atom. The molecule has 0 aliphatic carbocycles. The second kappa shape index (κ2) is 7.71. The van der Waals surface area contributed by atoms with Crippen LogP contribution in [0.2, 0.25) is 5.02 Å².